The molecule has 0 spiro atoms. The number of oxazole rings is 1. The maximum atomic E-state index is 13.3. The molecule has 8 nitrogen and oxygen atoms in total. The fourth-order valence-electron chi connectivity index (χ4n) is 4.10. The lowest BCUT2D eigenvalue weighted by atomic mass is 9.98. The smallest absolute Gasteiger partial charge is 0.435 e. The van der Waals surface area contributed by atoms with Crippen molar-refractivity contribution in [2.45, 2.75) is 24.6 Å². The van der Waals surface area contributed by atoms with Crippen molar-refractivity contribution in [3.63, 3.8) is 0 Å². The molecule has 0 saturated heterocycles. The summed E-state index contributed by atoms with van der Waals surface area (Å²) in [4.78, 5) is 8.40. The highest BCUT2D eigenvalue weighted by Gasteiger charge is 2.34. The topological polar surface area (TPSA) is 100 Å². The second-order valence-corrected chi connectivity index (χ2v) is 10.9. The van der Waals surface area contributed by atoms with Crippen molar-refractivity contribution >= 4 is 9.84 Å². The molecule has 3 heterocycles. The number of ether oxygens (including phenoxy) is 1. The molecule has 41 heavy (non-hydrogen) atoms. The Kier molecular flexibility index (Phi) is 7.11. The van der Waals surface area contributed by atoms with Crippen LogP contribution in [0, 0.1) is 6.92 Å². The van der Waals surface area contributed by atoms with Crippen LogP contribution in [0.4, 0.5) is 22.0 Å². The Labute approximate surface area is 230 Å². The third kappa shape index (κ3) is 5.96. The zero-order valence-electron chi connectivity index (χ0n) is 21.2. The average molecular weight is 591 g/mol. The second-order valence-electron chi connectivity index (χ2n) is 8.85. The molecule has 0 aliphatic heterocycles. The van der Waals surface area contributed by atoms with Gasteiger partial charge in [0.25, 0.3) is 0 Å². The minimum atomic E-state index is -4.68. The minimum Gasteiger partial charge on any atom is -0.440 e. The number of hydrogen-bond acceptors (Lipinski definition) is 7. The summed E-state index contributed by atoms with van der Waals surface area (Å²) in [6.45, 7) is -1.51. The van der Waals surface area contributed by atoms with Crippen LogP contribution in [0.3, 0.4) is 0 Å². The van der Waals surface area contributed by atoms with E-state index in [0.717, 1.165) is 23.2 Å². The van der Waals surface area contributed by atoms with Crippen LogP contribution in [0.25, 0.3) is 39.4 Å². The van der Waals surface area contributed by atoms with Crippen LogP contribution in [0.15, 0.2) is 82.4 Å². The molecule has 0 saturated carbocycles. The van der Waals surface area contributed by atoms with Gasteiger partial charge in [-0.25, -0.2) is 23.1 Å². The van der Waals surface area contributed by atoms with Gasteiger partial charge >= 0.3 is 12.8 Å². The van der Waals surface area contributed by atoms with Crippen molar-refractivity contribution in [3.8, 4) is 45.3 Å². The summed E-state index contributed by atoms with van der Waals surface area (Å²) in [7, 11) is -3.52. The molecule has 2 aromatic carbocycles. The zero-order chi connectivity index (χ0) is 29.5. The van der Waals surface area contributed by atoms with Crippen LogP contribution in [-0.4, -0.2) is 41.0 Å². The van der Waals surface area contributed by atoms with E-state index >= 15 is 0 Å². The lowest BCUT2D eigenvalue weighted by Gasteiger charge is -2.13. The van der Waals surface area contributed by atoms with Crippen molar-refractivity contribution in [3.05, 3.63) is 84.6 Å². The first-order valence-electron chi connectivity index (χ1n) is 11.8. The maximum Gasteiger partial charge on any atom is 0.435 e. The molecule has 0 N–H and O–H groups in total. The number of halogens is 5. The number of sulfone groups is 1. The van der Waals surface area contributed by atoms with Gasteiger partial charge in [-0.1, -0.05) is 18.2 Å². The van der Waals surface area contributed by atoms with Gasteiger partial charge in [0, 0.05) is 42.8 Å². The van der Waals surface area contributed by atoms with Crippen LogP contribution in [0.5, 0.6) is 5.88 Å². The number of rotatable bonds is 7. The third-order valence-electron chi connectivity index (χ3n) is 5.92. The summed E-state index contributed by atoms with van der Waals surface area (Å²) in [5.41, 5.74) is 0.981. The Balaban J connectivity index is 1.70. The van der Waals surface area contributed by atoms with Crippen LogP contribution in [0.1, 0.15) is 11.6 Å². The highest BCUT2D eigenvalue weighted by Crippen LogP contribution is 2.39. The summed E-state index contributed by atoms with van der Waals surface area (Å²) >= 11 is 0. The van der Waals surface area contributed by atoms with E-state index in [1.807, 2.05) is 0 Å². The van der Waals surface area contributed by atoms with E-state index in [1.165, 1.54) is 36.5 Å². The molecule has 0 aliphatic carbocycles. The van der Waals surface area contributed by atoms with E-state index in [4.69, 9.17) is 4.42 Å². The quantitative estimate of drug-likeness (QED) is 0.197. The van der Waals surface area contributed by atoms with E-state index in [-0.39, 0.29) is 33.8 Å². The van der Waals surface area contributed by atoms with Crippen molar-refractivity contribution in [1.29, 1.82) is 0 Å². The Morgan fingerprint density at radius 3 is 2.34 bits per heavy atom. The largest absolute Gasteiger partial charge is 0.440 e. The average Bonchev–Trinajstić information content (AvgIpc) is 3.55. The zero-order valence-corrected chi connectivity index (χ0v) is 22.0. The molecule has 0 bridgehead atoms. The fourth-order valence-corrected chi connectivity index (χ4v) is 4.77. The molecule has 0 amide bonds. The monoisotopic (exact) mass is 590 g/mol. The second kappa shape index (κ2) is 10.4. The Hall–Kier alpha value is -4.59. The Morgan fingerprint density at radius 1 is 0.976 bits per heavy atom. The highest BCUT2D eigenvalue weighted by atomic mass is 32.2. The van der Waals surface area contributed by atoms with E-state index in [0.29, 0.717) is 22.3 Å². The van der Waals surface area contributed by atoms with Crippen molar-refractivity contribution in [2.24, 2.45) is 0 Å². The minimum absolute atomic E-state index is 0.0812. The molecule has 3 aromatic heterocycles. The maximum absolute atomic E-state index is 13.3. The first kappa shape index (κ1) is 28.0. The van der Waals surface area contributed by atoms with Gasteiger partial charge in [-0.05, 0) is 47.5 Å². The third-order valence-corrected chi connectivity index (χ3v) is 7.03. The summed E-state index contributed by atoms with van der Waals surface area (Å²) in [6, 6.07) is 14.4. The molecular formula is C27H19F5N4O4S. The first-order valence-corrected chi connectivity index (χ1v) is 13.7. The van der Waals surface area contributed by atoms with Crippen molar-refractivity contribution in [2.75, 3.05) is 6.26 Å². The fraction of sp³-hybridized carbons (Fsp3) is 0.148. The van der Waals surface area contributed by atoms with E-state index in [1.54, 1.807) is 31.2 Å². The first-order chi connectivity index (χ1) is 19.3. The Bertz CT molecular complexity index is 1830. The van der Waals surface area contributed by atoms with E-state index in [2.05, 4.69) is 19.8 Å². The number of alkyl halides is 5. The van der Waals surface area contributed by atoms with Crippen LogP contribution < -0.4 is 4.74 Å². The highest BCUT2D eigenvalue weighted by molar-refractivity contribution is 7.90. The van der Waals surface area contributed by atoms with E-state index in [9.17, 15) is 30.4 Å². The van der Waals surface area contributed by atoms with Gasteiger partial charge < -0.3 is 9.15 Å². The predicted octanol–water partition coefficient (Wildman–Crippen LogP) is 6.59. The van der Waals surface area contributed by atoms with Crippen LogP contribution >= 0.6 is 0 Å². The lowest BCUT2D eigenvalue weighted by molar-refractivity contribution is -0.141. The van der Waals surface area contributed by atoms with Gasteiger partial charge in [0.1, 0.15) is 5.69 Å². The molecule has 0 fully saturated rings. The van der Waals surface area contributed by atoms with Gasteiger partial charge in [0.15, 0.2) is 27.2 Å². The van der Waals surface area contributed by atoms with Gasteiger partial charge in [-0.2, -0.15) is 27.1 Å². The lowest BCUT2D eigenvalue weighted by Crippen LogP contribution is -2.08. The van der Waals surface area contributed by atoms with Gasteiger partial charge in [-0.3, -0.25) is 0 Å². The number of pyridine rings is 1. The SMILES string of the molecule is Cc1nc(-c2cc(-c3cccc(S(C)(=O)=O)c3)ccc2-n2ccc(C(F)(F)F)n2)c(-c2ccc(OC(F)F)nc2)o1. The van der Waals surface area contributed by atoms with Gasteiger partial charge in [0.2, 0.25) is 5.88 Å². The number of nitrogens with zero attached hydrogens (tertiary/aromatic N) is 4. The molecular weight excluding hydrogens is 571 g/mol. The molecule has 5 rings (SSSR count). The molecule has 5 aromatic rings. The number of hydrogen-bond donors (Lipinski definition) is 0. The number of benzene rings is 2. The summed E-state index contributed by atoms with van der Waals surface area (Å²) in [6.07, 6.45) is -1.22. The summed E-state index contributed by atoms with van der Waals surface area (Å²) in [5.74, 6) is 0.0334. The number of aryl methyl sites for hydroxylation is 1. The molecule has 0 aliphatic rings. The van der Waals surface area contributed by atoms with E-state index < -0.39 is 28.3 Å². The van der Waals surface area contributed by atoms with Crippen LogP contribution in [-0.2, 0) is 16.0 Å². The van der Waals surface area contributed by atoms with Gasteiger partial charge in [-0.15, -0.1) is 0 Å². The number of aromatic nitrogens is 4. The van der Waals surface area contributed by atoms with Crippen molar-refractivity contribution in [1.82, 2.24) is 19.7 Å². The normalized spacial score (nSPS) is 12.2. The van der Waals surface area contributed by atoms with Crippen molar-refractivity contribution < 1.29 is 39.5 Å². The molecule has 14 heteroatoms. The molecule has 0 radical (unpaired) electrons. The van der Waals surface area contributed by atoms with Crippen LogP contribution in [0.2, 0.25) is 0 Å². The molecule has 0 unspecified atom stereocenters. The summed E-state index contributed by atoms with van der Waals surface area (Å²) < 4.78 is 101. The Morgan fingerprint density at radius 2 is 1.71 bits per heavy atom. The summed E-state index contributed by atoms with van der Waals surface area (Å²) in [5, 5.41) is 3.69. The molecule has 0 atom stereocenters. The standard InChI is InChI=1S/C27H19F5N4O4S/c1-15-34-24(25(39-15)18-7-9-23(33-14-18)40-26(28)29)20-13-17(16-4-3-5-19(12-16)41(2,37)38)6-8-21(20)36-11-10-22(35-36)27(30,31)32/h3-14,26H,1-2H3. The predicted molar refractivity (Wildman–Crippen MR) is 137 cm³/mol. The van der Waals surface area contributed by atoms with Gasteiger partial charge in [0.05, 0.1) is 10.6 Å². The molecule has 212 valence electrons.